The molecule has 0 radical (unpaired) electrons. The third kappa shape index (κ3) is 3.38. The molecule has 8 heteroatoms. The van der Waals surface area contributed by atoms with Crippen LogP contribution in [0.25, 0.3) is 0 Å². The smallest absolute Gasteiger partial charge is 0.267 e. The van der Waals surface area contributed by atoms with Crippen molar-refractivity contribution in [3.05, 3.63) is 39.6 Å². The minimum atomic E-state index is -0.361. The Bertz CT molecular complexity index is 826. The number of aromatic nitrogens is 4. The zero-order chi connectivity index (χ0) is 17.3. The normalized spacial score (nSPS) is 14.5. The topological polar surface area (TPSA) is 81.8 Å². The van der Waals surface area contributed by atoms with E-state index in [0.717, 1.165) is 23.7 Å². The van der Waals surface area contributed by atoms with E-state index in [1.165, 1.54) is 18.0 Å². The molecule has 7 nitrogen and oxygen atoms in total. The van der Waals surface area contributed by atoms with Gasteiger partial charge in [0, 0.05) is 37.3 Å². The lowest BCUT2D eigenvalue weighted by molar-refractivity contribution is 0.0943. The molecule has 24 heavy (non-hydrogen) atoms. The van der Waals surface area contributed by atoms with Gasteiger partial charge in [-0.2, -0.15) is 5.10 Å². The molecular weight excluding hydrogens is 326 g/mol. The number of aryl methyl sites for hydroxylation is 2. The van der Waals surface area contributed by atoms with Gasteiger partial charge in [-0.15, -0.1) is 0 Å². The highest BCUT2D eigenvalue weighted by atomic mass is 32.2. The fourth-order valence-electron chi connectivity index (χ4n) is 2.75. The number of carbonyl (C=O) groups is 1. The van der Waals surface area contributed by atoms with Gasteiger partial charge in [0.1, 0.15) is 5.56 Å². The quantitative estimate of drug-likeness (QED) is 0.823. The van der Waals surface area contributed by atoms with Crippen molar-refractivity contribution in [1.82, 2.24) is 24.6 Å². The van der Waals surface area contributed by atoms with Crippen LogP contribution in [0.1, 0.15) is 28.7 Å². The minimum absolute atomic E-state index is 0.111. The van der Waals surface area contributed by atoms with Crippen molar-refractivity contribution in [1.29, 1.82) is 0 Å². The molecule has 0 aromatic carbocycles. The number of thioether (sulfide) groups is 1. The standard InChI is InChI=1S/C16H21N5O2S/c1-10(9-21-12(3)6-11(2)19-21)7-17-14(22)13-8-18-16-20(15(13)23)4-5-24-16/h6,8,10H,4-5,7,9H2,1-3H3,(H,17,22)/t10-/m1/s1. The molecule has 0 saturated heterocycles. The van der Waals surface area contributed by atoms with Gasteiger partial charge in [-0.25, -0.2) is 4.98 Å². The molecule has 1 amide bonds. The maximum atomic E-state index is 12.3. The Balaban J connectivity index is 1.61. The van der Waals surface area contributed by atoms with E-state index in [1.807, 2.05) is 31.5 Å². The van der Waals surface area contributed by atoms with Crippen LogP contribution in [-0.4, -0.2) is 37.5 Å². The predicted molar refractivity (Wildman–Crippen MR) is 92.4 cm³/mol. The van der Waals surface area contributed by atoms with Crippen molar-refractivity contribution in [2.75, 3.05) is 12.3 Å². The Kier molecular flexibility index (Phi) is 4.75. The molecule has 0 spiro atoms. The molecule has 1 aliphatic rings. The van der Waals surface area contributed by atoms with Crippen LogP contribution in [-0.2, 0) is 13.1 Å². The van der Waals surface area contributed by atoms with E-state index >= 15 is 0 Å². The van der Waals surface area contributed by atoms with E-state index in [2.05, 4.69) is 15.4 Å². The molecule has 128 valence electrons. The van der Waals surface area contributed by atoms with Crippen LogP contribution in [0.3, 0.4) is 0 Å². The third-order valence-corrected chi connectivity index (χ3v) is 4.97. The number of nitrogens with one attached hydrogen (secondary N) is 1. The first-order chi connectivity index (χ1) is 11.5. The van der Waals surface area contributed by atoms with Gasteiger partial charge in [0.25, 0.3) is 11.5 Å². The Morgan fingerprint density at radius 1 is 1.46 bits per heavy atom. The number of hydrogen-bond donors (Lipinski definition) is 1. The number of nitrogens with zero attached hydrogens (tertiary/aromatic N) is 4. The lowest BCUT2D eigenvalue weighted by Crippen LogP contribution is -2.36. The van der Waals surface area contributed by atoms with Crippen molar-refractivity contribution in [3.63, 3.8) is 0 Å². The van der Waals surface area contributed by atoms with Gasteiger partial charge < -0.3 is 5.32 Å². The fraction of sp³-hybridized carbons (Fsp3) is 0.500. The van der Waals surface area contributed by atoms with Crippen LogP contribution >= 0.6 is 11.8 Å². The molecule has 1 N–H and O–H groups in total. The average Bonchev–Trinajstić information content (AvgIpc) is 3.12. The van der Waals surface area contributed by atoms with Crippen molar-refractivity contribution < 1.29 is 4.79 Å². The van der Waals surface area contributed by atoms with Crippen LogP contribution in [0.2, 0.25) is 0 Å². The van der Waals surface area contributed by atoms with E-state index in [-0.39, 0.29) is 22.9 Å². The van der Waals surface area contributed by atoms with Gasteiger partial charge in [0.2, 0.25) is 0 Å². The number of fused-ring (bicyclic) bond motifs is 1. The fourth-order valence-corrected chi connectivity index (χ4v) is 3.67. The number of amides is 1. The summed E-state index contributed by atoms with van der Waals surface area (Å²) in [6.45, 7) is 7.83. The zero-order valence-electron chi connectivity index (χ0n) is 14.1. The molecule has 3 rings (SSSR count). The van der Waals surface area contributed by atoms with Gasteiger partial charge in [-0.05, 0) is 25.8 Å². The summed E-state index contributed by atoms with van der Waals surface area (Å²) in [4.78, 5) is 28.8. The average molecular weight is 347 g/mol. The lowest BCUT2D eigenvalue weighted by Gasteiger charge is -2.14. The summed E-state index contributed by atoms with van der Waals surface area (Å²) in [7, 11) is 0. The summed E-state index contributed by atoms with van der Waals surface area (Å²) < 4.78 is 3.51. The van der Waals surface area contributed by atoms with Crippen molar-refractivity contribution in [3.8, 4) is 0 Å². The molecule has 1 aliphatic heterocycles. The molecular formula is C16H21N5O2S. The summed E-state index contributed by atoms with van der Waals surface area (Å²) >= 11 is 1.54. The molecule has 0 saturated carbocycles. The summed E-state index contributed by atoms with van der Waals surface area (Å²) in [6, 6.07) is 2.03. The Morgan fingerprint density at radius 2 is 2.25 bits per heavy atom. The SMILES string of the molecule is Cc1cc(C)n(C[C@H](C)CNC(=O)c2cnc3n(c2=O)CCS3)n1. The van der Waals surface area contributed by atoms with Gasteiger partial charge in [0.05, 0.1) is 5.69 Å². The molecule has 0 fully saturated rings. The number of hydrogen-bond acceptors (Lipinski definition) is 5. The number of carbonyl (C=O) groups excluding carboxylic acids is 1. The number of rotatable bonds is 5. The largest absolute Gasteiger partial charge is 0.351 e. The summed E-state index contributed by atoms with van der Waals surface area (Å²) in [5.74, 6) is 0.667. The van der Waals surface area contributed by atoms with Gasteiger partial charge >= 0.3 is 0 Å². The molecule has 2 aromatic rings. The second-order valence-electron chi connectivity index (χ2n) is 6.18. The molecule has 3 heterocycles. The second kappa shape index (κ2) is 6.80. The maximum absolute atomic E-state index is 12.3. The summed E-state index contributed by atoms with van der Waals surface area (Å²) in [5.41, 5.74) is 1.94. The Hall–Kier alpha value is -2.09. The van der Waals surface area contributed by atoms with Gasteiger partial charge in [-0.3, -0.25) is 18.8 Å². The van der Waals surface area contributed by atoms with E-state index in [0.29, 0.717) is 18.2 Å². The van der Waals surface area contributed by atoms with Crippen LogP contribution < -0.4 is 10.9 Å². The molecule has 2 aromatic heterocycles. The van der Waals surface area contributed by atoms with E-state index in [4.69, 9.17) is 0 Å². The van der Waals surface area contributed by atoms with E-state index < -0.39 is 0 Å². The Labute approximate surface area is 144 Å². The van der Waals surface area contributed by atoms with Crippen LogP contribution in [0.5, 0.6) is 0 Å². The van der Waals surface area contributed by atoms with Crippen LogP contribution in [0.15, 0.2) is 22.2 Å². The second-order valence-corrected chi connectivity index (χ2v) is 7.25. The molecule has 0 aliphatic carbocycles. The maximum Gasteiger partial charge on any atom is 0.267 e. The first-order valence-corrected chi connectivity index (χ1v) is 8.96. The highest BCUT2D eigenvalue weighted by molar-refractivity contribution is 7.99. The first-order valence-electron chi connectivity index (χ1n) is 7.97. The third-order valence-electron chi connectivity index (χ3n) is 4.00. The van der Waals surface area contributed by atoms with Gasteiger partial charge in [-0.1, -0.05) is 18.7 Å². The Morgan fingerprint density at radius 3 is 2.96 bits per heavy atom. The first kappa shape index (κ1) is 16.8. The van der Waals surface area contributed by atoms with Crippen LogP contribution in [0, 0.1) is 19.8 Å². The highest BCUT2D eigenvalue weighted by Crippen LogP contribution is 2.20. The van der Waals surface area contributed by atoms with E-state index in [1.54, 1.807) is 4.57 Å². The lowest BCUT2D eigenvalue weighted by atomic mass is 10.1. The van der Waals surface area contributed by atoms with Crippen molar-refractivity contribution in [2.24, 2.45) is 5.92 Å². The van der Waals surface area contributed by atoms with Gasteiger partial charge in [0.15, 0.2) is 5.16 Å². The van der Waals surface area contributed by atoms with E-state index in [9.17, 15) is 9.59 Å². The highest BCUT2D eigenvalue weighted by Gasteiger charge is 2.20. The molecule has 1 atom stereocenters. The van der Waals surface area contributed by atoms with Crippen molar-refractivity contribution in [2.45, 2.75) is 39.0 Å². The minimum Gasteiger partial charge on any atom is -0.351 e. The predicted octanol–water partition coefficient (Wildman–Crippen LogP) is 1.23. The van der Waals surface area contributed by atoms with Crippen LogP contribution in [0.4, 0.5) is 0 Å². The monoisotopic (exact) mass is 347 g/mol. The summed E-state index contributed by atoms with van der Waals surface area (Å²) in [5, 5.41) is 7.95. The zero-order valence-corrected chi connectivity index (χ0v) is 14.9. The summed E-state index contributed by atoms with van der Waals surface area (Å²) in [6.07, 6.45) is 1.38. The molecule has 0 bridgehead atoms. The van der Waals surface area contributed by atoms with Crippen molar-refractivity contribution >= 4 is 17.7 Å². The molecule has 0 unspecified atom stereocenters.